The molecule has 1 heterocycles. The molecular weight excluding hydrogens is 307 g/mol. The molecule has 0 bridgehead atoms. The van der Waals surface area contributed by atoms with Crippen LogP contribution in [-0.2, 0) is 4.74 Å². The van der Waals surface area contributed by atoms with E-state index >= 15 is 0 Å². The van der Waals surface area contributed by atoms with Gasteiger partial charge in [-0.3, -0.25) is 4.90 Å². The fraction of sp³-hybridized carbons (Fsp3) is 0.625. The smallest absolute Gasteiger partial charge is 0.0659 e. The zero-order chi connectivity index (χ0) is 14.6. The van der Waals surface area contributed by atoms with Gasteiger partial charge in [0.15, 0.2) is 0 Å². The summed E-state index contributed by atoms with van der Waals surface area (Å²) in [4.78, 5) is 2.40. The van der Waals surface area contributed by atoms with Gasteiger partial charge >= 0.3 is 0 Å². The average Bonchev–Trinajstić information content (AvgIpc) is 2.83. The van der Waals surface area contributed by atoms with Crippen LogP contribution in [-0.4, -0.2) is 45.3 Å². The molecule has 1 aromatic rings. The van der Waals surface area contributed by atoms with Crippen molar-refractivity contribution in [2.75, 3.05) is 40.4 Å². The van der Waals surface area contributed by atoms with E-state index in [9.17, 15) is 0 Å². The Labute approximate surface area is 139 Å². The third kappa shape index (κ3) is 5.11. The fourth-order valence-corrected chi connectivity index (χ4v) is 3.16. The molecule has 1 N–H and O–H groups in total. The molecule has 1 fully saturated rings. The van der Waals surface area contributed by atoms with E-state index in [-0.39, 0.29) is 18.4 Å². The van der Waals surface area contributed by atoms with Gasteiger partial charge in [0.05, 0.1) is 12.6 Å². The lowest BCUT2D eigenvalue weighted by molar-refractivity contribution is 0.0816. The van der Waals surface area contributed by atoms with Crippen LogP contribution in [0.3, 0.4) is 0 Å². The van der Waals surface area contributed by atoms with E-state index in [1.54, 1.807) is 7.11 Å². The zero-order valence-electron chi connectivity index (χ0n) is 13.1. The van der Waals surface area contributed by atoms with Crippen molar-refractivity contribution in [3.05, 3.63) is 34.9 Å². The number of nitrogens with one attached hydrogen (secondary N) is 1. The van der Waals surface area contributed by atoms with Gasteiger partial charge in [0.1, 0.15) is 0 Å². The third-order valence-electron chi connectivity index (χ3n) is 4.20. The Morgan fingerprint density at radius 1 is 1.38 bits per heavy atom. The van der Waals surface area contributed by atoms with Crippen molar-refractivity contribution in [2.24, 2.45) is 5.41 Å². The lowest BCUT2D eigenvalue weighted by Crippen LogP contribution is -2.38. The van der Waals surface area contributed by atoms with Gasteiger partial charge in [-0.05, 0) is 43.1 Å². The summed E-state index contributed by atoms with van der Waals surface area (Å²) in [5.74, 6) is 0. The molecule has 0 saturated carbocycles. The van der Waals surface area contributed by atoms with E-state index in [4.69, 9.17) is 16.3 Å². The van der Waals surface area contributed by atoms with Gasteiger partial charge in [-0.2, -0.15) is 0 Å². The Bertz CT molecular complexity index is 419. The van der Waals surface area contributed by atoms with Crippen LogP contribution in [0.5, 0.6) is 0 Å². The number of benzene rings is 1. The Kier molecular flexibility index (Phi) is 7.45. The summed E-state index contributed by atoms with van der Waals surface area (Å²) in [6.07, 6.45) is 1.23. The SMILES string of the molecule is COCC(c1ccc(Cl)cc1)N(C)CC1(C)CCNC1.Cl. The van der Waals surface area contributed by atoms with Crippen molar-refractivity contribution in [1.29, 1.82) is 0 Å². The van der Waals surface area contributed by atoms with Crippen LogP contribution >= 0.6 is 24.0 Å². The van der Waals surface area contributed by atoms with Crippen molar-refractivity contribution in [3.63, 3.8) is 0 Å². The molecule has 1 aliphatic rings. The second-order valence-corrected chi connectivity index (χ2v) is 6.61. The molecule has 0 aromatic heterocycles. The van der Waals surface area contributed by atoms with Gasteiger partial charge in [-0.25, -0.2) is 0 Å². The van der Waals surface area contributed by atoms with Crippen LogP contribution < -0.4 is 5.32 Å². The maximum atomic E-state index is 5.98. The van der Waals surface area contributed by atoms with Crippen molar-refractivity contribution in [3.8, 4) is 0 Å². The third-order valence-corrected chi connectivity index (χ3v) is 4.45. The van der Waals surface area contributed by atoms with E-state index in [2.05, 4.69) is 36.3 Å². The van der Waals surface area contributed by atoms with E-state index in [0.717, 1.165) is 24.7 Å². The summed E-state index contributed by atoms with van der Waals surface area (Å²) in [6, 6.07) is 8.36. The van der Waals surface area contributed by atoms with Crippen molar-refractivity contribution in [2.45, 2.75) is 19.4 Å². The number of nitrogens with zero attached hydrogens (tertiary/aromatic N) is 1. The highest BCUT2D eigenvalue weighted by molar-refractivity contribution is 6.30. The molecule has 1 saturated heterocycles. The lowest BCUT2D eigenvalue weighted by Gasteiger charge is -2.34. The van der Waals surface area contributed by atoms with Gasteiger partial charge in [0.25, 0.3) is 0 Å². The molecule has 2 rings (SSSR count). The lowest BCUT2D eigenvalue weighted by atomic mass is 9.88. The summed E-state index contributed by atoms with van der Waals surface area (Å²) in [7, 11) is 3.94. The molecule has 2 atom stereocenters. The van der Waals surface area contributed by atoms with Gasteiger partial charge in [-0.1, -0.05) is 30.7 Å². The summed E-state index contributed by atoms with van der Waals surface area (Å²) in [5.41, 5.74) is 1.61. The molecule has 120 valence electrons. The van der Waals surface area contributed by atoms with E-state index in [1.807, 2.05) is 12.1 Å². The van der Waals surface area contributed by atoms with Crippen LogP contribution in [0.25, 0.3) is 0 Å². The van der Waals surface area contributed by atoms with Gasteiger partial charge < -0.3 is 10.1 Å². The first-order valence-electron chi connectivity index (χ1n) is 7.19. The van der Waals surface area contributed by atoms with E-state index in [0.29, 0.717) is 12.0 Å². The Morgan fingerprint density at radius 2 is 2.05 bits per heavy atom. The predicted molar refractivity (Wildman–Crippen MR) is 91.5 cm³/mol. The Balaban J connectivity index is 0.00000220. The number of likely N-dealkylation sites (N-methyl/N-ethyl adjacent to an activating group) is 1. The Morgan fingerprint density at radius 3 is 2.57 bits per heavy atom. The molecule has 0 aliphatic carbocycles. The Hall–Kier alpha value is -0.320. The molecule has 0 amide bonds. The van der Waals surface area contributed by atoms with E-state index < -0.39 is 0 Å². The normalized spacial score (nSPS) is 23.1. The number of rotatable bonds is 6. The summed E-state index contributed by atoms with van der Waals surface area (Å²) < 4.78 is 5.42. The first kappa shape index (κ1) is 18.7. The quantitative estimate of drug-likeness (QED) is 0.864. The topological polar surface area (TPSA) is 24.5 Å². The molecular formula is C16H26Cl2N2O. The maximum Gasteiger partial charge on any atom is 0.0659 e. The van der Waals surface area contributed by atoms with E-state index in [1.165, 1.54) is 12.0 Å². The predicted octanol–water partition coefficient (Wildman–Crippen LogP) is 3.38. The number of hydrogen-bond donors (Lipinski definition) is 1. The number of hydrogen-bond acceptors (Lipinski definition) is 3. The number of ether oxygens (including phenoxy) is 1. The first-order valence-corrected chi connectivity index (χ1v) is 7.57. The number of methoxy groups -OCH3 is 1. The summed E-state index contributed by atoms with van der Waals surface area (Å²) in [5, 5.41) is 4.24. The van der Waals surface area contributed by atoms with Crippen LogP contribution in [0.1, 0.15) is 24.9 Å². The second kappa shape index (κ2) is 8.35. The van der Waals surface area contributed by atoms with Gasteiger partial charge in [0.2, 0.25) is 0 Å². The van der Waals surface area contributed by atoms with Gasteiger partial charge in [0, 0.05) is 25.2 Å². The van der Waals surface area contributed by atoms with Crippen LogP contribution in [0.4, 0.5) is 0 Å². The monoisotopic (exact) mass is 332 g/mol. The van der Waals surface area contributed by atoms with Crippen LogP contribution in [0.2, 0.25) is 5.02 Å². The van der Waals surface area contributed by atoms with Crippen LogP contribution in [0, 0.1) is 5.41 Å². The summed E-state index contributed by atoms with van der Waals surface area (Å²) in [6.45, 7) is 6.34. The molecule has 1 aromatic carbocycles. The maximum absolute atomic E-state index is 5.98. The zero-order valence-corrected chi connectivity index (χ0v) is 14.6. The van der Waals surface area contributed by atoms with Crippen molar-refractivity contribution in [1.82, 2.24) is 10.2 Å². The highest BCUT2D eigenvalue weighted by atomic mass is 35.5. The molecule has 0 radical (unpaired) electrons. The minimum atomic E-state index is 0. The molecule has 21 heavy (non-hydrogen) atoms. The number of halogens is 2. The minimum absolute atomic E-state index is 0. The molecule has 1 aliphatic heterocycles. The fourth-order valence-electron chi connectivity index (χ4n) is 3.04. The highest BCUT2D eigenvalue weighted by Crippen LogP contribution is 2.29. The molecule has 3 nitrogen and oxygen atoms in total. The average molecular weight is 333 g/mol. The molecule has 5 heteroatoms. The highest BCUT2D eigenvalue weighted by Gasteiger charge is 2.32. The van der Waals surface area contributed by atoms with Crippen molar-refractivity contribution >= 4 is 24.0 Å². The van der Waals surface area contributed by atoms with Gasteiger partial charge in [-0.15, -0.1) is 12.4 Å². The van der Waals surface area contributed by atoms with Crippen molar-refractivity contribution < 1.29 is 4.74 Å². The summed E-state index contributed by atoms with van der Waals surface area (Å²) >= 11 is 5.98. The van der Waals surface area contributed by atoms with Crippen LogP contribution in [0.15, 0.2) is 24.3 Å². The minimum Gasteiger partial charge on any atom is -0.383 e. The molecule has 0 spiro atoms. The largest absolute Gasteiger partial charge is 0.383 e. The standard InChI is InChI=1S/C16H25ClN2O.ClH/c1-16(8-9-18-11-16)12-19(2)15(10-20-3)13-4-6-14(17)7-5-13;/h4-7,15,18H,8-12H2,1-3H3;1H. The second-order valence-electron chi connectivity index (χ2n) is 6.18. The molecule has 2 unspecified atom stereocenters. The first-order chi connectivity index (χ1) is 9.54.